The van der Waals surface area contributed by atoms with Crippen molar-refractivity contribution in [3.63, 3.8) is 0 Å². The van der Waals surface area contributed by atoms with Crippen molar-refractivity contribution in [2.24, 2.45) is 0 Å². The van der Waals surface area contributed by atoms with Crippen LogP contribution in [0.3, 0.4) is 0 Å². The number of hydrogen-bond donors (Lipinski definition) is 0. The Morgan fingerprint density at radius 1 is 1.04 bits per heavy atom. The van der Waals surface area contributed by atoms with Gasteiger partial charge in [0.05, 0.1) is 12.1 Å². The van der Waals surface area contributed by atoms with E-state index in [1.165, 1.54) is 10.6 Å². The number of carbonyl (C=O) groups excluding carboxylic acids is 1. The fourth-order valence-electron chi connectivity index (χ4n) is 3.30. The summed E-state index contributed by atoms with van der Waals surface area (Å²) in [5, 5.41) is 0.594. The summed E-state index contributed by atoms with van der Waals surface area (Å²) >= 11 is 6.22. The Hall–Kier alpha value is -2.85. The third-order valence-corrected chi connectivity index (χ3v) is 4.98. The SMILES string of the molecule is CCN(C(=O)c1ccc(=O)n(Cc2ccccc2Cl)c1)c1cc(C)cc(C)c1. The molecule has 0 saturated heterocycles. The first kappa shape index (κ1) is 19.9. The molecule has 3 rings (SSSR count). The third kappa shape index (κ3) is 4.34. The van der Waals surface area contributed by atoms with Gasteiger partial charge >= 0.3 is 0 Å². The molecule has 4 nitrogen and oxygen atoms in total. The predicted octanol–water partition coefficient (Wildman–Crippen LogP) is 4.83. The van der Waals surface area contributed by atoms with E-state index in [9.17, 15) is 9.59 Å². The van der Waals surface area contributed by atoms with Crippen LogP contribution in [0.1, 0.15) is 34.0 Å². The number of benzene rings is 2. The molecule has 1 heterocycles. The van der Waals surface area contributed by atoms with E-state index in [1.54, 1.807) is 23.2 Å². The molecule has 0 aliphatic carbocycles. The van der Waals surface area contributed by atoms with Crippen LogP contribution in [0.15, 0.2) is 65.6 Å². The summed E-state index contributed by atoms with van der Waals surface area (Å²) in [4.78, 5) is 27.2. The lowest BCUT2D eigenvalue weighted by Crippen LogP contribution is -2.32. The van der Waals surface area contributed by atoms with Crippen molar-refractivity contribution >= 4 is 23.2 Å². The summed E-state index contributed by atoms with van der Waals surface area (Å²) in [6, 6.07) is 16.5. The van der Waals surface area contributed by atoms with Crippen molar-refractivity contribution in [2.75, 3.05) is 11.4 Å². The molecule has 1 aromatic heterocycles. The van der Waals surface area contributed by atoms with E-state index in [0.717, 1.165) is 22.4 Å². The van der Waals surface area contributed by atoms with Crippen LogP contribution in [0, 0.1) is 13.8 Å². The first-order valence-corrected chi connectivity index (χ1v) is 9.61. The van der Waals surface area contributed by atoms with E-state index in [1.807, 2.05) is 51.1 Å². The number of rotatable bonds is 5. The van der Waals surface area contributed by atoms with Gasteiger partial charge in [-0.1, -0.05) is 35.9 Å². The molecule has 0 bridgehead atoms. The fourth-order valence-corrected chi connectivity index (χ4v) is 3.49. The van der Waals surface area contributed by atoms with Crippen molar-refractivity contribution in [3.8, 4) is 0 Å². The van der Waals surface area contributed by atoms with Crippen molar-refractivity contribution < 1.29 is 4.79 Å². The average Bonchev–Trinajstić information content (AvgIpc) is 2.65. The fraction of sp³-hybridized carbons (Fsp3) is 0.217. The second kappa shape index (κ2) is 8.44. The lowest BCUT2D eigenvalue weighted by atomic mass is 10.1. The van der Waals surface area contributed by atoms with Gasteiger partial charge in [0.15, 0.2) is 0 Å². The van der Waals surface area contributed by atoms with Gasteiger partial charge in [0.25, 0.3) is 11.5 Å². The van der Waals surface area contributed by atoms with Crippen molar-refractivity contribution in [3.05, 3.63) is 98.4 Å². The number of aryl methyl sites for hydroxylation is 2. The Balaban J connectivity index is 1.95. The number of nitrogens with zero attached hydrogens (tertiary/aromatic N) is 2. The van der Waals surface area contributed by atoms with Gasteiger partial charge < -0.3 is 9.47 Å². The second-order valence-corrected chi connectivity index (χ2v) is 7.28. The maximum absolute atomic E-state index is 13.2. The van der Waals surface area contributed by atoms with Crippen LogP contribution >= 0.6 is 11.6 Å². The van der Waals surface area contributed by atoms with Gasteiger partial charge in [-0.25, -0.2) is 0 Å². The van der Waals surface area contributed by atoms with Gasteiger partial charge in [0.1, 0.15) is 0 Å². The zero-order chi connectivity index (χ0) is 20.3. The molecular formula is C23H23ClN2O2. The third-order valence-electron chi connectivity index (χ3n) is 4.61. The molecule has 1 amide bonds. The monoisotopic (exact) mass is 394 g/mol. The highest BCUT2D eigenvalue weighted by atomic mass is 35.5. The van der Waals surface area contributed by atoms with Crippen molar-refractivity contribution in [2.45, 2.75) is 27.3 Å². The Kier molecular flexibility index (Phi) is 6.00. The van der Waals surface area contributed by atoms with Crippen LogP contribution in [-0.2, 0) is 6.54 Å². The minimum atomic E-state index is -0.175. The molecule has 0 radical (unpaired) electrons. The first-order chi connectivity index (χ1) is 13.4. The Labute approximate surface area is 170 Å². The highest BCUT2D eigenvalue weighted by Gasteiger charge is 2.18. The minimum Gasteiger partial charge on any atom is -0.310 e. The molecule has 0 atom stereocenters. The number of aromatic nitrogens is 1. The molecule has 28 heavy (non-hydrogen) atoms. The van der Waals surface area contributed by atoms with E-state index < -0.39 is 0 Å². The first-order valence-electron chi connectivity index (χ1n) is 9.23. The lowest BCUT2D eigenvalue weighted by Gasteiger charge is -2.22. The number of amides is 1. The topological polar surface area (TPSA) is 42.3 Å². The van der Waals surface area contributed by atoms with Gasteiger partial charge in [-0.15, -0.1) is 0 Å². The number of hydrogen-bond acceptors (Lipinski definition) is 2. The van der Waals surface area contributed by atoms with Gasteiger partial charge in [0.2, 0.25) is 0 Å². The molecular weight excluding hydrogens is 372 g/mol. The van der Waals surface area contributed by atoms with Crippen LogP contribution in [0.25, 0.3) is 0 Å². The van der Waals surface area contributed by atoms with Crippen molar-refractivity contribution in [1.29, 1.82) is 0 Å². The van der Waals surface area contributed by atoms with Crippen LogP contribution in [0.4, 0.5) is 5.69 Å². The van der Waals surface area contributed by atoms with E-state index in [-0.39, 0.29) is 11.5 Å². The Bertz CT molecular complexity index is 1050. The highest BCUT2D eigenvalue weighted by Crippen LogP contribution is 2.21. The molecule has 144 valence electrons. The smallest absolute Gasteiger partial charge is 0.259 e. The molecule has 0 spiro atoms. The van der Waals surface area contributed by atoms with Crippen LogP contribution in [-0.4, -0.2) is 17.0 Å². The average molecular weight is 395 g/mol. The number of pyridine rings is 1. The summed E-state index contributed by atoms with van der Waals surface area (Å²) in [6.07, 6.45) is 1.61. The molecule has 0 aliphatic heterocycles. The lowest BCUT2D eigenvalue weighted by molar-refractivity contribution is 0.0987. The Morgan fingerprint density at radius 3 is 2.36 bits per heavy atom. The Morgan fingerprint density at radius 2 is 1.71 bits per heavy atom. The van der Waals surface area contributed by atoms with Crippen LogP contribution < -0.4 is 10.5 Å². The molecule has 0 N–H and O–H groups in total. The zero-order valence-corrected chi connectivity index (χ0v) is 17.0. The summed E-state index contributed by atoms with van der Waals surface area (Å²) in [7, 11) is 0. The number of halogens is 1. The quantitative estimate of drug-likeness (QED) is 0.621. The zero-order valence-electron chi connectivity index (χ0n) is 16.3. The summed E-state index contributed by atoms with van der Waals surface area (Å²) in [5.41, 5.74) is 4.18. The van der Waals surface area contributed by atoms with E-state index in [4.69, 9.17) is 11.6 Å². The molecule has 3 aromatic rings. The summed E-state index contributed by atoms with van der Waals surface area (Å²) in [6.45, 7) is 6.81. The van der Waals surface area contributed by atoms with Gasteiger partial charge in [-0.05, 0) is 61.7 Å². The molecule has 0 aliphatic rings. The minimum absolute atomic E-state index is 0.139. The van der Waals surface area contributed by atoms with E-state index >= 15 is 0 Å². The van der Waals surface area contributed by atoms with E-state index in [2.05, 4.69) is 6.07 Å². The van der Waals surface area contributed by atoms with Crippen LogP contribution in [0.5, 0.6) is 0 Å². The summed E-state index contributed by atoms with van der Waals surface area (Å²) < 4.78 is 1.52. The maximum Gasteiger partial charge on any atom is 0.259 e. The van der Waals surface area contributed by atoms with Gasteiger partial charge in [-0.2, -0.15) is 0 Å². The molecule has 0 unspecified atom stereocenters. The number of anilines is 1. The predicted molar refractivity (Wildman–Crippen MR) is 115 cm³/mol. The maximum atomic E-state index is 13.2. The molecule has 5 heteroatoms. The summed E-state index contributed by atoms with van der Waals surface area (Å²) in [5.74, 6) is -0.139. The van der Waals surface area contributed by atoms with E-state index in [0.29, 0.717) is 23.7 Å². The molecule has 2 aromatic carbocycles. The highest BCUT2D eigenvalue weighted by molar-refractivity contribution is 6.31. The standard InChI is InChI=1S/C23H23ClN2O2/c1-4-26(20-12-16(2)11-17(3)13-20)23(28)19-9-10-22(27)25(15-19)14-18-7-5-6-8-21(18)24/h5-13,15H,4,14H2,1-3H3. The van der Waals surface area contributed by atoms with Gasteiger partial charge in [0, 0.05) is 29.5 Å². The largest absolute Gasteiger partial charge is 0.310 e. The van der Waals surface area contributed by atoms with Crippen molar-refractivity contribution in [1.82, 2.24) is 4.57 Å². The van der Waals surface area contributed by atoms with Gasteiger partial charge in [-0.3, -0.25) is 9.59 Å². The second-order valence-electron chi connectivity index (χ2n) is 6.87. The molecule has 0 fully saturated rings. The molecule has 0 saturated carbocycles. The van der Waals surface area contributed by atoms with Crippen LogP contribution in [0.2, 0.25) is 5.02 Å². The number of carbonyl (C=O) groups is 1. The normalized spacial score (nSPS) is 10.7.